The summed E-state index contributed by atoms with van der Waals surface area (Å²) in [5.74, 6) is -0.208. The molecule has 154 valence electrons. The van der Waals surface area contributed by atoms with Crippen LogP contribution in [0.1, 0.15) is 11.3 Å². The molecule has 0 radical (unpaired) electrons. The highest BCUT2D eigenvalue weighted by Crippen LogP contribution is 2.27. The molecule has 0 N–H and O–H groups in total. The fraction of sp³-hybridized carbons (Fsp3) is 0.174. The molecule has 0 saturated carbocycles. The van der Waals surface area contributed by atoms with E-state index in [0.29, 0.717) is 17.8 Å². The molecule has 0 bridgehead atoms. The van der Waals surface area contributed by atoms with Gasteiger partial charge in [-0.25, -0.2) is 9.78 Å². The molecule has 0 atom stereocenters. The van der Waals surface area contributed by atoms with Crippen LogP contribution < -0.4 is 16.1 Å². The summed E-state index contributed by atoms with van der Waals surface area (Å²) >= 11 is 0. The van der Waals surface area contributed by atoms with E-state index in [1.54, 1.807) is 41.4 Å². The van der Waals surface area contributed by atoms with Gasteiger partial charge in [-0.3, -0.25) is 23.7 Å². The zero-order valence-corrected chi connectivity index (χ0v) is 16.6. The van der Waals surface area contributed by atoms with Gasteiger partial charge in [0.2, 0.25) is 5.91 Å². The van der Waals surface area contributed by atoms with E-state index in [1.807, 2.05) is 24.3 Å². The van der Waals surface area contributed by atoms with Crippen molar-refractivity contribution in [1.82, 2.24) is 19.1 Å². The molecule has 1 amide bonds. The first-order valence-corrected chi connectivity index (χ1v) is 10.00. The van der Waals surface area contributed by atoms with Gasteiger partial charge in [0.05, 0.1) is 17.8 Å². The third-order valence-corrected chi connectivity index (χ3v) is 5.51. The second-order valence-electron chi connectivity index (χ2n) is 7.38. The Bertz CT molecular complexity index is 1410. The fourth-order valence-electron chi connectivity index (χ4n) is 4.01. The molecule has 31 heavy (non-hydrogen) atoms. The maximum absolute atomic E-state index is 13.3. The first kappa shape index (κ1) is 18.9. The summed E-state index contributed by atoms with van der Waals surface area (Å²) in [6.07, 6.45) is 3.88. The normalized spacial score (nSPS) is 12.8. The van der Waals surface area contributed by atoms with E-state index in [1.165, 1.54) is 10.8 Å². The molecule has 4 heterocycles. The highest BCUT2D eigenvalue weighted by Gasteiger charge is 2.25. The first-order valence-electron chi connectivity index (χ1n) is 10.00. The molecule has 4 aromatic rings. The number of carbonyl (C=O) groups excluding carboxylic acids is 1. The van der Waals surface area contributed by atoms with Crippen LogP contribution in [-0.2, 0) is 24.3 Å². The molecule has 1 aliphatic heterocycles. The summed E-state index contributed by atoms with van der Waals surface area (Å²) in [5.41, 5.74) is 1.98. The van der Waals surface area contributed by atoms with Gasteiger partial charge in [-0.1, -0.05) is 24.3 Å². The molecule has 0 saturated heterocycles. The summed E-state index contributed by atoms with van der Waals surface area (Å²) in [6.45, 7) is 0.389. The number of hydrogen-bond donors (Lipinski definition) is 0. The molecule has 8 heteroatoms. The topological polar surface area (TPSA) is 90.1 Å². The second kappa shape index (κ2) is 7.64. The molecule has 1 aliphatic rings. The summed E-state index contributed by atoms with van der Waals surface area (Å²) in [4.78, 5) is 49.5. The predicted molar refractivity (Wildman–Crippen MR) is 116 cm³/mol. The molecule has 1 aromatic carbocycles. The Morgan fingerprint density at radius 2 is 1.71 bits per heavy atom. The van der Waals surface area contributed by atoms with Crippen LogP contribution in [0.2, 0.25) is 0 Å². The van der Waals surface area contributed by atoms with Crippen LogP contribution in [0.15, 0.2) is 76.6 Å². The van der Waals surface area contributed by atoms with Crippen molar-refractivity contribution in [1.29, 1.82) is 0 Å². The monoisotopic (exact) mass is 413 g/mol. The number of benzene rings is 1. The summed E-state index contributed by atoms with van der Waals surface area (Å²) < 4.78 is 2.42. The Labute approximate surface area is 177 Å². The minimum absolute atomic E-state index is 0.00571. The SMILES string of the molecule is O=C(Cn1c(=O)n(Cc2ccccn2)c(=O)c2ncccc21)N1CCc2ccccc21. The third-order valence-electron chi connectivity index (χ3n) is 5.51. The standard InChI is InChI=1S/C23H19N5O3/c29-20(26-13-10-16-6-1-2-8-18(16)26)15-27-19-9-5-12-25-21(19)22(30)28(23(27)31)14-17-7-3-4-11-24-17/h1-9,11-12H,10,13-15H2. The maximum atomic E-state index is 13.3. The average Bonchev–Trinajstić information content (AvgIpc) is 3.24. The van der Waals surface area contributed by atoms with Crippen LogP contribution in [0, 0.1) is 0 Å². The largest absolute Gasteiger partial charge is 0.332 e. The van der Waals surface area contributed by atoms with Gasteiger partial charge in [0.1, 0.15) is 6.54 Å². The maximum Gasteiger partial charge on any atom is 0.332 e. The highest BCUT2D eigenvalue weighted by molar-refractivity contribution is 5.95. The van der Waals surface area contributed by atoms with Crippen LogP contribution >= 0.6 is 0 Å². The lowest BCUT2D eigenvalue weighted by Gasteiger charge is -2.19. The Morgan fingerprint density at radius 3 is 2.55 bits per heavy atom. The van der Waals surface area contributed by atoms with Gasteiger partial charge in [-0.15, -0.1) is 0 Å². The van der Waals surface area contributed by atoms with Crippen molar-refractivity contribution in [2.45, 2.75) is 19.5 Å². The molecule has 5 rings (SSSR count). The number of amides is 1. The average molecular weight is 413 g/mol. The Kier molecular flexibility index (Phi) is 4.66. The molecule has 0 fully saturated rings. The van der Waals surface area contributed by atoms with Gasteiger partial charge >= 0.3 is 5.69 Å². The van der Waals surface area contributed by atoms with Crippen molar-refractivity contribution in [3.8, 4) is 0 Å². The van der Waals surface area contributed by atoms with Gasteiger partial charge in [-0.2, -0.15) is 0 Å². The van der Waals surface area contributed by atoms with Crippen molar-refractivity contribution in [3.05, 3.63) is 99.1 Å². The van der Waals surface area contributed by atoms with Gasteiger partial charge in [-0.05, 0) is 42.3 Å². The number of hydrogen-bond acceptors (Lipinski definition) is 5. The number of para-hydroxylation sites is 1. The van der Waals surface area contributed by atoms with Crippen molar-refractivity contribution in [3.63, 3.8) is 0 Å². The Balaban J connectivity index is 1.59. The first-order chi connectivity index (χ1) is 15.1. The summed E-state index contributed by atoms with van der Waals surface area (Å²) in [5, 5.41) is 0. The van der Waals surface area contributed by atoms with Crippen molar-refractivity contribution >= 4 is 22.6 Å². The van der Waals surface area contributed by atoms with Crippen LogP contribution in [0.4, 0.5) is 5.69 Å². The number of rotatable bonds is 4. The molecule has 8 nitrogen and oxygen atoms in total. The Morgan fingerprint density at radius 1 is 0.903 bits per heavy atom. The number of carbonyl (C=O) groups is 1. The molecule has 0 aliphatic carbocycles. The van der Waals surface area contributed by atoms with Crippen LogP contribution in [0.3, 0.4) is 0 Å². The van der Waals surface area contributed by atoms with Gasteiger partial charge in [0, 0.05) is 24.6 Å². The van der Waals surface area contributed by atoms with E-state index in [9.17, 15) is 14.4 Å². The Hall–Kier alpha value is -4.07. The smallest absolute Gasteiger partial charge is 0.310 e. The van der Waals surface area contributed by atoms with E-state index in [2.05, 4.69) is 9.97 Å². The quantitative estimate of drug-likeness (QED) is 0.507. The van der Waals surface area contributed by atoms with Crippen molar-refractivity contribution in [2.24, 2.45) is 0 Å². The minimum Gasteiger partial charge on any atom is -0.310 e. The number of aromatic nitrogens is 4. The van der Waals surface area contributed by atoms with Crippen LogP contribution in [0.25, 0.3) is 11.0 Å². The zero-order chi connectivity index (χ0) is 21.4. The molecule has 0 spiro atoms. The van der Waals surface area contributed by atoms with Crippen molar-refractivity contribution < 1.29 is 4.79 Å². The van der Waals surface area contributed by atoms with E-state index in [4.69, 9.17) is 0 Å². The van der Waals surface area contributed by atoms with E-state index in [-0.39, 0.29) is 24.5 Å². The molecule has 3 aromatic heterocycles. The third kappa shape index (κ3) is 3.31. The number of anilines is 1. The molecular weight excluding hydrogens is 394 g/mol. The summed E-state index contributed by atoms with van der Waals surface area (Å²) in [7, 11) is 0. The fourth-order valence-corrected chi connectivity index (χ4v) is 4.01. The molecule has 0 unspecified atom stereocenters. The van der Waals surface area contributed by atoms with E-state index >= 15 is 0 Å². The number of fused-ring (bicyclic) bond motifs is 2. The van der Waals surface area contributed by atoms with E-state index in [0.717, 1.165) is 22.2 Å². The van der Waals surface area contributed by atoms with Crippen molar-refractivity contribution in [2.75, 3.05) is 11.4 Å². The van der Waals surface area contributed by atoms with Gasteiger partial charge in [0.25, 0.3) is 5.56 Å². The van der Waals surface area contributed by atoms with E-state index < -0.39 is 11.2 Å². The number of pyridine rings is 2. The minimum atomic E-state index is -0.558. The highest BCUT2D eigenvalue weighted by atomic mass is 16.2. The lowest BCUT2D eigenvalue weighted by molar-refractivity contribution is -0.119. The van der Waals surface area contributed by atoms with Gasteiger partial charge in [0.15, 0.2) is 5.52 Å². The second-order valence-corrected chi connectivity index (χ2v) is 7.38. The predicted octanol–water partition coefficient (Wildman–Crippen LogP) is 1.59. The van der Waals surface area contributed by atoms with Crippen LogP contribution in [-0.4, -0.2) is 31.6 Å². The lowest BCUT2D eigenvalue weighted by atomic mass is 10.2. The zero-order valence-electron chi connectivity index (χ0n) is 16.6. The molecular formula is C23H19N5O3. The van der Waals surface area contributed by atoms with Crippen LogP contribution in [0.5, 0.6) is 0 Å². The lowest BCUT2D eigenvalue weighted by Crippen LogP contribution is -2.43. The van der Waals surface area contributed by atoms with Gasteiger partial charge < -0.3 is 4.90 Å². The summed E-state index contributed by atoms with van der Waals surface area (Å²) in [6, 6.07) is 16.3. The number of nitrogens with zero attached hydrogens (tertiary/aromatic N) is 5.